The maximum Gasteiger partial charge on any atom is 0.312 e. The number of esters is 1. The van der Waals surface area contributed by atoms with Crippen molar-refractivity contribution in [2.75, 3.05) is 19.7 Å². The molecule has 3 amide bonds. The predicted octanol–water partition coefficient (Wildman–Crippen LogP) is 4.38. The van der Waals surface area contributed by atoms with Crippen molar-refractivity contribution in [2.24, 2.45) is 23.2 Å². The molecule has 8 atom stereocenters. The first kappa shape index (κ1) is 38.2. The van der Waals surface area contributed by atoms with E-state index in [4.69, 9.17) is 9.47 Å². The quantitative estimate of drug-likeness (QED) is 0.138. The highest BCUT2D eigenvalue weighted by Crippen LogP contribution is 2.61. The van der Waals surface area contributed by atoms with Gasteiger partial charge in [0, 0.05) is 23.3 Å². The number of fused-ring (bicyclic) bond motifs is 1. The van der Waals surface area contributed by atoms with E-state index in [0.717, 1.165) is 0 Å². The number of carbonyl (C=O) groups excluding carboxylic acids is 4. The molecule has 0 aromatic rings. The van der Waals surface area contributed by atoms with Gasteiger partial charge < -0.3 is 29.7 Å². The van der Waals surface area contributed by atoms with Crippen molar-refractivity contribution in [1.82, 2.24) is 15.1 Å². The number of carbonyl (C=O) groups is 4. The van der Waals surface area contributed by atoms with Crippen LogP contribution >= 0.6 is 15.9 Å². The SMILES string of the molecule is C=CCCC(=O)NC[C@@H](C)OC(=O)[C@@H]1[C@H]2O[C@@]3(CC2Br)[C@H](C(=O)N(CC=C)C(C)(C)CC(C)(C)C)N([C@@H](CO)CC(C)C)C(=O)[C@@H]13. The molecule has 3 aliphatic rings. The molecule has 1 spiro atoms. The van der Waals surface area contributed by atoms with Gasteiger partial charge in [0.25, 0.3) is 0 Å². The van der Waals surface area contributed by atoms with Gasteiger partial charge in [-0.25, -0.2) is 0 Å². The molecule has 10 nitrogen and oxygen atoms in total. The number of halogens is 1. The van der Waals surface area contributed by atoms with Gasteiger partial charge in [0.05, 0.1) is 37.1 Å². The molecule has 0 saturated carbocycles. The van der Waals surface area contributed by atoms with E-state index in [1.165, 1.54) is 4.90 Å². The Bertz CT molecular complexity index is 1170. The maximum absolute atomic E-state index is 15.0. The normalized spacial score (nSPS) is 28.5. The van der Waals surface area contributed by atoms with Crippen LogP contribution in [0.2, 0.25) is 0 Å². The fourth-order valence-corrected chi connectivity index (χ4v) is 8.98. The van der Waals surface area contributed by atoms with Crippen LogP contribution in [-0.2, 0) is 28.7 Å². The van der Waals surface area contributed by atoms with Crippen LogP contribution < -0.4 is 5.32 Å². The first-order valence-electron chi connectivity index (χ1n) is 16.6. The second-order valence-electron chi connectivity index (χ2n) is 15.5. The van der Waals surface area contributed by atoms with Crippen LogP contribution in [-0.4, -0.2) is 98.6 Å². The molecule has 3 rings (SSSR count). The van der Waals surface area contributed by atoms with Gasteiger partial charge >= 0.3 is 5.97 Å². The summed E-state index contributed by atoms with van der Waals surface area (Å²) in [4.78, 5) is 58.6. The molecule has 3 aliphatic heterocycles. The topological polar surface area (TPSA) is 125 Å². The molecular formula is C35H56BrN3O7. The summed E-state index contributed by atoms with van der Waals surface area (Å²) in [6.45, 7) is 23.7. The molecule has 3 heterocycles. The first-order valence-corrected chi connectivity index (χ1v) is 17.5. The lowest BCUT2D eigenvalue weighted by Crippen LogP contribution is -2.62. The second kappa shape index (κ2) is 14.9. The summed E-state index contributed by atoms with van der Waals surface area (Å²) >= 11 is 3.72. The van der Waals surface area contributed by atoms with Crippen LogP contribution in [0.3, 0.4) is 0 Å². The number of rotatable bonds is 16. The Morgan fingerprint density at radius 2 is 1.85 bits per heavy atom. The molecule has 3 fully saturated rings. The third-order valence-corrected chi connectivity index (χ3v) is 10.2. The summed E-state index contributed by atoms with van der Waals surface area (Å²) in [5, 5.41) is 13.4. The molecule has 0 aromatic carbocycles. The highest BCUT2D eigenvalue weighted by molar-refractivity contribution is 9.09. The molecule has 0 aromatic heterocycles. The zero-order chi connectivity index (χ0) is 34.8. The number of alkyl halides is 1. The minimum Gasteiger partial charge on any atom is -0.460 e. The second-order valence-corrected chi connectivity index (χ2v) is 16.7. The van der Waals surface area contributed by atoms with Gasteiger partial charge in [0.2, 0.25) is 17.7 Å². The number of allylic oxidation sites excluding steroid dienone is 1. The Morgan fingerprint density at radius 1 is 1.20 bits per heavy atom. The van der Waals surface area contributed by atoms with Crippen molar-refractivity contribution >= 4 is 39.6 Å². The largest absolute Gasteiger partial charge is 0.460 e. The van der Waals surface area contributed by atoms with Crippen LogP contribution in [0.25, 0.3) is 0 Å². The van der Waals surface area contributed by atoms with Gasteiger partial charge in [-0.1, -0.05) is 62.7 Å². The van der Waals surface area contributed by atoms with Crippen LogP contribution in [0.5, 0.6) is 0 Å². The van der Waals surface area contributed by atoms with Crippen molar-refractivity contribution in [3.05, 3.63) is 25.3 Å². The van der Waals surface area contributed by atoms with E-state index >= 15 is 0 Å². The number of nitrogens with one attached hydrogen (secondary N) is 1. The lowest BCUT2D eigenvalue weighted by atomic mass is 9.70. The molecule has 2 N–H and O–H groups in total. The average Bonchev–Trinajstić information content (AvgIpc) is 3.53. The van der Waals surface area contributed by atoms with E-state index in [2.05, 4.69) is 55.2 Å². The van der Waals surface area contributed by atoms with Gasteiger partial charge in [-0.15, -0.1) is 13.2 Å². The fourth-order valence-electron chi connectivity index (χ4n) is 8.03. The average molecular weight is 711 g/mol. The number of nitrogens with zero attached hydrogens (tertiary/aromatic N) is 2. The van der Waals surface area contributed by atoms with Gasteiger partial charge in [0.15, 0.2) is 0 Å². The Kier molecular flexibility index (Phi) is 12.4. The van der Waals surface area contributed by atoms with E-state index in [1.54, 1.807) is 24.0 Å². The summed E-state index contributed by atoms with van der Waals surface area (Å²) < 4.78 is 12.5. The van der Waals surface area contributed by atoms with Gasteiger partial charge in [-0.05, 0) is 57.8 Å². The smallest absolute Gasteiger partial charge is 0.312 e. The Hall–Kier alpha value is -2.24. The van der Waals surface area contributed by atoms with Crippen molar-refractivity contribution in [1.29, 1.82) is 0 Å². The fraction of sp³-hybridized carbons (Fsp3) is 0.771. The van der Waals surface area contributed by atoms with E-state index in [-0.39, 0.29) is 60.0 Å². The Balaban J connectivity index is 2.03. The van der Waals surface area contributed by atoms with Crippen LogP contribution in [0, 0.1) is 23.2 Å². The van der Waals surface area contributed by atoms with Gasteiger partial charge in [-0.2, -0.15) is 0 Å². The minimum atomic E-state index is -1.29. The lowest BCUT2D eigenvalue weighted by molar-refractivity contribution is -0.160. The minimum absolute atomic E-state index is 0.0968. The molecular weight excluding hydrogens is 654 g/mol. The Morgan fingerprint density at radius 3 is 2.39 bits per heavy atom. The number of likely N-dealkylation sites (tertiary alicyclic amines) is 1. The van der Waals surface area contributed by atoms with E-state index < -0.39 is 53.2 Å². The number of aliphatic hydroxyl groups excluding tert-OH is 1. The summed E-state index contributed by atoms with van der Waals surface area (Å²) in [6, 6.07) is -1.69. The molecule has 2 bridgehead atoms. The molecule has 260 valence electrons. The lowest BCUT2D eigenvalue weighted by Gasteiger charge is -2.46. The van der Waals surface area contributed by atoms with E-state index in [1.807, 2.05) is 27.7 Å². The van der Waals surface area contributed by atoms with Crippen molar-refractivity contribution in [3.8, 4) is 0 Å². The summed E-state index contributed by atoms with van der Waals surface area (Å²) in [6.07, 6.45) is 4.36. The zero-order valence-electron chi connectivity index (χ0n) is 29.0. The van der Waals surface area contributed by atoms with E-state index in [9.17, 15) is 24.3 Å². The Labute approximate surface area is 283 Å². The van der Waals surface area contributed by atoms with Crippen molar-refractivity contribution in [3.63, 3.8) is 0 Å². The number of hydrogen-bond donors (Lipinski definition) is 2. The molecule has 46 heavy (non-hydrogen) atoms. The number of aliphatic hydroxyl groups is 1. The third-order valence-electron chi connectivity index (χ3n) is 9.33. The van der Waals surface area contributed by atoms with Crippen LogP contribution in [0.4, 0.5) is 0 Å². The van der Waals surface area contributed by atoms with E-state index in [0.29, 0.717) is 25.7 Å². The highest BCUT2D eigenvalue weighted by Gasteiger charge is 2.77. The highest BCUT2D eigenvalue weighted by atomic mass is 79.9. The molecule has 1 unspecified atom stereocenters. The summed E-state index contributed by atoms with van der Waals surface area (Å²) in [5.41, 5.74) is -1.99. The van der Waals surface area contributed by atoms with Crippen molar-refractivity contribution in [2.45, 2.75) is 128 Å². The number of ether oxygens (including phenoxy) is 2. The predicted molar refractivity (Wildman–Crippen MR) is 181 cm³/mol. The van der Waals surface area contributed by atoms with Crippen molar-refractivity contribution < 1.29 is 33.8 Å². The molecule has 0 radical (unpaired) electrons. The maximum atomic E-state index is 15.0. The first-order chi connectivity index (χ1) is 21.3. The third kappa shape index (κ3) is 7.89. The number of amides is 3. The van der Waals surface area contributed by atoms with Crippen LogP contribution in [0.15, 0.2) is 25.3 Å². The summed E-state index contributed by atoms with van der Waals surface area (Å²) in [5.74, 6) is -3.22. The molecule has 3 saturated heterocycles. The van der Waals surface area contributed by atoms with Gasteiger partial charge in [-0.3, -0.25) is 19.2 Å². The summed E-state index contributed by atoms with van der Waals surface area (Å²) in [7, 11) is 0. The molecule has 11 heteroatoms. The monoisotopic (exact) mass is 709 g/mol. The number of hydrogen-bond acceptors (Lipinski definition) is 7. The van der Waals surface area contributed by atoms with Crippen LogP contribution in [0.1, 0.15) is 87.5 Å². The zero-order valence-corrected chi connectivity index (χ0v) is 30.6. The van der Waals surface area contributed by atoms with Gasteiger partial charge in [0.1, 0.15) is 17.7 Å². The standard InChI is InChI=1S/C35H56BrN3O7/c1-11-13-14-25(41)37-18-22(5)45-32(44)26-27-30(42)39(23(19-40)16-21(3)4)29(35(27)17-24(36)28(26)46-35)31(43)38(15-12-2)34(9,10)20-33(6,7)8/h11-12,21-24,26-29,40H,1-2,13-20H2,3-10H3,(H,37,41)/t22-,23-,24?,26+,27-,28+,29+,35-/m1/s1. The molecule has 0 aliphatic carbocycles.